The fourth-order valence-electron chi connectivity index (χ4n) is 3.60. The van der Waals surface area contributed by atoms with E-state index in [0.717, 1.165) is 17.8 Å². The second kappa shape index (κ2) is 4.22. The third-order valence-corrected chi connectivity index (χ3v) is 4.12. The minimum atomic E-state index is 0.402. The Morgan fingerprint density at radius 3 is 2.43 bits per heavy atom. The molecule has 0 aliphatic heterocycles. The van der Waals surface area contributed by atoms with Gasteiger partial charge >= 0.3 is 0 Å². The zero-order chi connectivity index (χ0) is 10.1. The van der Waals surface area contributed by atoms with Crippen LogP contribution in [0.5, 0.6) is 0 Å². The highest BCUT2D eigenvalue weighted by atomic mass is 16.5. The van der Waals surface area contributed by atoms with Gasteiger partial charge in [-0.15, -0.1) is 0 Å². The molecule has 0 aromatic heterocycles. The van der Waals surface area contributed by atoms with E-state index in [0.29, 0.717) is 12.2 Å². The SMILES string of the molecule is CCC(OC(C)C)C1CC2CCC1C2. The van der Waals surface area contributed by atoms with Gasteiger partial charge in [-0.2, -0.15) is 0 Å². The maximum absolute atomic E-state index is 6.04. The quantitative estimate of drug-likeness (QED) is 0.667. The van der Waals surface area contributed by atoms with E-state index in [-0.39, 0.29) is 0 Å². The van der Waals surface area contributed by atoms with Crippen molar-refractivity contribution in [2.24, 2.45) is 17.8 Å². The van der Waals surface area contributed by atoms with Crippen LogP contribution in [0.15, 0.2) is 0 Å². The van der Waals surface area contributed by atoms with Gasteiger partial charge in [0.05, 0.1) is 12.2 Å². The Bertz CT molecular complexity index is 188. The van der Waals surface area contributed by atoms with Crippen molar-refractivity contribution >= 4 is 0 Å². The number of hydrogen-bond donors (Lipinski definition) is 0. The van der Waals surface area contributed by atoms with Crippen molar-refractivity contribution < 1.29 is 4.74 Å². The van der Waals surface area contributed by atoms with E-state index < -0.39 is 0 Å². The van der Waals surface area contributed by atoms with Crippen molar-refractivity contribution in [2.45, 2.75) is 65.1 Å². The predicted molar refractivity (Wildman–Crippen MR) is 59.2 cm³/mol. The molecule has 1 heteroatoms. The van der Waals surface area contributed by atoms with Crippen LogP contribution in [-0.2, 0) is 4.74 Å². The van der Waals surface area contributed by atoms with E-state index >= 15 is 0 Å². The lowest BCUT2D eigenvalue weighted by atomic mass is 9.83. The molecular formula is C13H24O. The van der Waals surface area contributed by atoms with Gasteiger partial charge in [0.2, 0.25) is 0 Å². The molecule has 0 aromatic rings. The van der Waals surface area contributed by atoms with Crippen LogP contribution in [0.3, 0.4) is 0 Å². The standard InChI is InChI=1S/C13H24O/c1-4-13(14-9(2)3)12-8-10-5-6-11(12)7-10/h9-13H,4-8H2,1-3H3. The van der Waals surface area contributed by atoms with Crippen LogP contribution in [-0.4, -0.2) is 12.2 Å². The minimum Gasteiger partial charge on any atom is -0.375 e. The normalized spacial score (nSPS) is 38.1. The van der Waals surface area contributed by atoms with Crippen molar-refractivity contribution in [2.75, 3.05) is 0 Å². The average molecular weight is 196 g/mol. The third kappa shape index (κ3) is 1.98. The zero-order valence-corrected chi connectivity index (χ0v) is 9.83. The first-order valence-electron chi connectivity index (χ1n) is 6.36. The number of rotatable bonds is 4. The lowest BCUT2D eigenvalue weighted by Gasteiger charge is -2.31. The summed E-state index contributed by atoms with van der Waals surface area (Å²) < 4.78 is 6.04. The molecule has 0 aromatic carbocycles. The van der Waals surface area contributed by atoms with Crippen LogP contribution in [0.4, 0.5) is 0 Å². The maximum atomic E-state index is 6.04. The molecule has 4 atom stereocenters. The molecule has 0 spiro atoms. The van der Waals surface area contributed by atoms with Gasteiger partial charge in [-0.1, -0.05) is 13.3 Å². The molecule has 2 rings (SSSR count). The van der Waals surface area contributed by atoms with Gasteiger partial charge in [0, 0.05) is 0 Å². The largest absolute Gasteiger partial charge is 0.375 e. The number of hydrogen-bond acceptors (Lipinski definition) is 1. The first kappa shape index (κ1) is 10.5. The predicted octanol–water partition coefficient (Wildman–Crippen LogP) is 3.63. The summed E-state index contributed by atoms with van der Waals surface area (Å²) in [6.07, 6.45) is 8.08. The second-order valence-electron chi connectivity index (χ2n) is 5.47. The Kier molecular flexibility index (Phi) is 3.16. The van der Waals surface area contributed by atoms with Crippen LogP contribution in [0.25, 0.3) is 0 Å². The highest BCUT2D eigenvalue weighted by molar-refractivity contribution is 4.93. The summed E-state index contributed by atoms with van der Waals surface area (Å²) in [5.74, 6) is 2.94. The third-order valence-electron chi connectivity index (χ3n) is 4.12. The summed E-state index contributed by atoms with van der Waals surface area (Å²) >= 11 is 0. The number of fused-ring (bicyclic) bond motifs is 2. The molecule has 14 heavy (non-hydrogen) atoms. The first-order chi connectivity index (χ1) is 6.70. The highest BCUT2D eigenvalue weighted by Gasteiger charge is 2.43. The molecule has 1 nitrogen and oxygen atoms in total. The fourth-order valence-corrected chi connectivity index (χ4v) is 3.60. The van der Waals surface area contributed by atoms with E-state index in [1.807, 2.05) is 0 Å². The lowest BCUT2D eigenvalue weighted by molar-refractivity contribution is -0.0420. The summed E-state index contributed by atoms with van der Waals surface area (Å²) in [6, 6.07) is 0. The molecule has 0 saturated heterocycles. The van der Waals surface area contributed by atoms with Gasteiger partial charge in [-0.3, -0.25) is 0 Å². The summed E-state index contributed by atoms with van der Waals surface area (Å²) in [5, 5.41) is 0. The highest BCUT2D eigenvalue weighted by Crippen LogP contribution is 2.50. The van der Waals surface area contributed by atoms with E-state index in [1.54, 1.807) is 0 Å². The molecule has 2 fully saturated rings. The smallest absolute Gasteiger partial charge is 0.0606 e. The molecule has 0 amide bonds. The van der Waals surface area contributed by atoms with Gasteiger partial charge < -0.3 is 4.74 Å². The molecular weight excluding hydrogens is 172 g/mol. The van der Waals surface area contributed by atoms with E-state index in [4.69, 9.17) is 4.74 Å². The van der Waals surface area contributed by atoms with Crippen molar-refractivity contribution in [1.29, 1.82) is 0 Å². The van der Waals surface area contributed by atoms with Crippen molar-refractivity contribution in [1.82, 2.24) is 0 Å². The van der Waals surface area contributed by atoms with Crippen LogP contribution >= 0.6 is 0 Å². The van der Waals surface area contributed by atoms with Gasteiger partial charge in [0.25, 0.3) is 0 Å². The molecule has 82 valence electrons. The van der Waals surface area contributed by atoms with Crippen LogP contribution in [0, 0.1) is 17.8 Å². The van der Waals surface area contributed by atoms with Crippen molar-refractivity contribution in [3.63, 3.8) is 0 Å². The maximum Gasteiger partial charge on any atom is 0.0606 e. The zero-order valence-electron chi connectivity index (χ0n) is 9.83. The Labute approximate surface area is 88.2 Å². The molecule has 0 N–H and O–H groups in total. The van der Waals surface area contributed by atoms with Crippen molar-refractivity contribution in [3.05, 3.63) is 0 Å². The van der Waals surface area contributed by atoms with E-state index in [9.17, 15) is 0 Å². The van der Waals surface area contributed by atoms with Crippen LogP contribution in [0.2, 0.25) is 0 Å². The van der Waals surface area contributed by atoms with Gasteiger partial charge in [0.15, 0.2) is 0 Å². The summed E-state index contributed by atoms with van der Waals surface area (Å²) in [7, 11) is 0. The summed E-state index contributed by atoms with van der Waals surface area (Å²) in [6.45, 7) is 6.60. The lowest BCUT2D eigenvalue weighted by Crippen LogP contribution is -2.30. The molecule has 0 heterocycles. The number of ether oxygens (including phenoxy) is 1. The Balaban J connectivity index is 1.92. The molecule has 2 aliphatic carbocycles. The average Bonchev–Trinajstić information content (AvgIpc) is 2.74. The monoisotopic (exact) mass is 196 g/mol. The second-order valence-corrected chi connectivity index (χ2v) is 5.47. The molecule has 2 saturated carbocycles. The Hall–Kier alpha value is -0.0400. The molecule has 2 aliphatic rings. The summed E-state index contributed by atoms with van der Waals surface area (Å²) in [5.41, 5.74) is 0. The van der Waals surface area contributed by atoms with E-state index in [2.05, 4.69) is 20.8 Å². The van der Waals surface area contributed by atoms with Gasteiger partial charge in [0.1, 0.15) is 0 Å². The first-order valence-corrected chi connectivity index (χ1v) is 6.36. The topological polar surface area (TPSA) is 9.23 Å². The molecule has 2 bridgehead atoms. The van der Waals surface area contributed by atoms with Crippen LogP contribution in [0.1, 0.15) is 52.9 Å². The fraction of sp³-hybridized carbons (Fsp3) is 1.00. The van der Waals surface area contributed by atoms with Gasteiger partial charge in [-0.05, 0) is 57.3 Å². The van der Waals surface area contributed by atoms with Crippen LogP contribution < -0.4 is 0 Å². The van der Waals surface area contributed by atoms with E-state index in [1.165, 1.54) is 32.1 Å². The molecule has 0 radical (unpaired) electrons. The summed E-state index contributed by atoms with van der Waals surface area (Å²) in [4.78, 5) is 0. The van der Waals surface area contributed by atoms with Crippen molar-refractivity contribution in [3.8, 4) is 0 Å². The molecule has 4 unspecified atom stereocenters. The Morgan fingerprint density at radius 1 is 1.21 bits per heavy atom. The van der Waals surface area contributed by atoms with Gasteiger partial charge in [-0.25, -0.2) is 0 Å². The minimum absolute atomic E-state index is 0.402. The Morgan fingerprint density at radius 2 is 2.00 bits per heavy atom.